The monoisotopic (exact) mass is 2040 g/mol. The Morgan fingerprint density at radius 3 is 0.930 bits per heavy atom. The van der Waals surface area contributed by atoms with E-state index < -0.39 is 201 Å². The van der Waals surface area contributed by atoms with Gasteiger partial charge in [0.15, 0.2) is 35.7 Å². The van der Waals surface area contributed by atoms with Gasteiger partial charge in [-0.25, -0.2) is 87.5 Å². The molecule has 3 fully saturated rings. The fraction of sp³-hybridized carbons (Fsp3) is 0.273. The molecule has 15 rings (SSSR count). The van der Waals surface area contributed by atoms with E-state index in [0.29, 0.717) is 18.2 Å². The Kier molecular flexibility index (Phi) is 34.6. The van der Waals surface area contributed by atoms with E-state index in [1.807, 2.05) is 18.2 Å². The van der Waals surface area contributed by atoms with Gasteiger partial charge >= 0.3 is 25.7 Å². The van der Waals surface area contributed by atoms with Gasteiger partial charge in [0.2, 0.25) is 0 Å². The molecule has 0 unspecified atom stereocenters. The van der Waals surface area contributed by atoms with Gasteiger partial charge in [-0.3, -0.25) is 13.6 Å². The lowest BCUT2D eigenvalue weighted by Crippen LogP contribution is -2.47. The molecule has 3 saturated heterocycles. The van der Waals surface area contributed by atoms with Crippen molar-refractivity contribution in [3.63, 3.8) is 0 Å². The van der Waals surface area contributed by atoms with Crippen LogP contribution in [-0.2, 0) is 117 Å². The number of nitriles is 3. The van der Waals surface area contributed by atoms with Gasteiger partial charge in [-0.05, 0) is 112 Å². The van der Waals surface area contributed by atoms with Crippen LogP contribution in [0, 0.1) is 86.3 Å². The number of esters is 3. The van der Waals surface area contributed by atoms with E-state index in [-0.39, 0.29) is 106 Å². The molecule has 0 N–H and O–H groups in total. The molecule has 6 aromatic carbocycles. The third kappa shape index (κ3) is 26.0. The largest absolute Gasteiger partial charge is 0.475 e. The van der Waals surface area contributed by atoms with Crippen LogP contribution in [0.4, 0.5) is 39.5 Å². The van der Waals surface area contributed by atoms with Crippen molar-refractivity contribution in [2.75, 3.05) is 39.6 Å². The number of carbonyl (C=O) groups excluding carboxylic acids is 3. The predicted octanol–water partition coefficient (Wildman–Crippen LogP) is 18.8. The number of ether oxygens (including phenoxy) is 9. The minimum atomic E-state index is -5.47. The standard InChI is InChI=1S/C99H84F9N12O19PS3/c1-61(141-76-43-128-91(129-44-76)13-7-4-10-67-19-16-64(34-109)28-85(67)103)97(52-118-58-112-55-115-118,82-25-22-73(100)31-88(82)106)137-94(121)79-49-125-37-70(79)40-134-140(124,135-41-71-38-126-50-80(71)95(122)138-98(53-119-59-113-56-116-119,83-26-23-74(101)32-89(83)107)62(2)142-77-45-130-92(131-46-77)14-8-5-11-68-20-17-65(35-110)29-86(68)104)136-42-72-39-127-51-81(72)96(123)139-99(54-120-60-114-57-117-120,84-27-24-75(102)33-90(84)108)63(3)143-78-47-132-93(133-48-78)15-9-6-12-69-21-18-66(36-111)30-87(69)105/h4-33,37-39,49-51,55-63,76-78,91-93H,40-48,52-54H2,1-3H3/b10-4+,11-5+,12-6+,13-7+,14-8+,15-9+/t61-,62-,63-,76?,77?,78?,91?,92?,93?,97-,98-,99-,140?/m1/s1. The SMILES string of the molecule is C[C@@H](SC1COC(/C=C/C=C/c2ccc(C#N)cc2F)OC1)[C@@](Cn1cncn1)(OC(=O)c1cocc1COP(=O)(OCc1cocc1C(=O)O[C@@](Cn1cncn1)(c1ccc(F)cc1F)[C@@H](C)SC1COC(/C=C/C=C/c2ccc(C#N)cc2F)OC1)OCc1cocc1C(=O)O[C@@](Cn1cncn1)(c1ccc(F)cc1F)[C@@H](C)SC1COC(/C=C/C=C/c2ccc(C#N)cc2F)OC1)c1ccc(F)cc1F. The Labute approximate surface area is 823 Å². The number of furan rings is 3. The van der Waals surface area contributed by atoms with Crippen molar-refractivity contribution in [1.29, 1.82) is 15.8 Å². The van der Waals surface area contributed by atoms with E-state index in [2.05, 4.69) is 30.2 Å². The molecule has 31 nitrogen and oxygen atoms in total. The molecule has 3 aliphatic heterocycles. The van der Waals surface area contributed by atoms with Crippen molar-refractivity contribution in [3.05, 3.63) is 375 Å². The van der Waals surface area contributed by atoms with E-state index in [1.165, 1.54) is 87.7 Å². The summed E-state index contributed by atoms with van der Waals surface area (Å²) in [5, 5.41) is 35.4. The minimum absolute atomic E-state index is 0.00775. The molecule has 0 aliphatic carbocycles. The number of aromatic nitrogens is 9. The van der Waals surface area contributed by atoms with Gasteiger partial charge in [0.1, 0.15) is 126 Å². The number of nitrogens with zero attached hydrogens (tertiary/aromatic N) is 12. The molecule has 6 atom stereocenters. The molecule has 44 heteroatoms. The van der Waals surface area contributed by atoms with Crippen molar-refractivity contribution in [1.82, 2.24) is 44.3 Å². The molecule has 0 saturated carbocycles. The number of phosphoric acid groups is 1. The second kappa shape index (κ2) is 47.8. The van der Waals surface area contributed by atoms with Crippen LogP contribution < -0.4 is 0 Å². The van der Waals surface area contributed by atoms with Crippen molar-refractivity contribution in [3.8, 4) is 18.2 Å². The second-order valence-electron chi connectivity index (χ2n) is 32.3. The molecular formula is C99H84F9N12O19PS3. The lowest BCUT2D eigenvalue weighted by Gasteiger charge is -2.40. The highest BCUT2D eigenvalue weighted by atomic mass is 32.2. The fourth-order valence-corrected chi connectivity index (χ4v) is 20.6. The number of halogens is 9. The smallest absolute Gasteiger partial charge is 0.471 e. The number of benzene rings is 6. The Balaban J connectivity index is 0.713. The van der Waals surface area contributed by atoms with Crippen LogP contribution >= 0.6 is 43.1 Å². The van der Waals surface area contributed by atoms with Gasteiger partial charge < -0.3 is 55.9 Å². The Bertz CT molecular complexity index is 6210. The zero-order valence-electron chi connectivity index (χ0n) is 75.6. The molecule has 0 bridgehead atoms. The average molecular weight is 2040 g/mol. The fourth-order valence-electron chi connectivity index (χ4n) is 15.4. The number of allylic oxidation sites excluding steroid dienone is 6. The predicted molar refractivity (Wildman–Crippen MR) is 496 cm³/mol. The van der Waals surface area contributed by atoms with Gasteiger partial charge in [0, 0.05) is 84.0 Å². The molecule has 0 radical (unpaired) electrons. The molecule has 3 aliphatic rings. The molecule has 0 amide bonds. The second-order valence-corrected chi connectivity index (χ2v) is 38.9. The molecule has 12 aromatic rings. The first-order valence-corrected chi connectivity index (χ1v) is 47.9. The van der Waals surface area contributed by atoms with E-state index in [9.17, 15) is 29.0 Å². The van der Waals surface area contributed by atoms with E-state index in [4.69, 9.17) is 69.5 Å². The van der Waals surface area contributed by atoms with Crippen molar-refractivity contribution < 1.29 is 128 Å². The molecule has 9 heterocycles. The summed E-state index contributed by atoms with van der Waals surface area (Å²) in [5.74, 6) is -12.1. The highest BCUT2D eigenvalue weighted by molar-refractivity contribution is 8.01. The summed E-state index contributed by atoms with van der Waals surface area (Å²) in [6, 6.07) is 25.5. The van der Waals surface area contributed by atoms with Crippen molar-refractivity contribution in [2.24, 2.45) is 0 Å². The third-order valence-corrected chi connectivity index (χ3v) is 28.5. The highest BCUT2D eigenvalue weighted by Gasteiger charge is 2.52. The molecule has 6 aromatic heterocycles. The maximum Gasteiger partial charge on any atom is 0.475 e. The van der Waals surface area contributed by atoms with Crippen molar-refractivity contribution >= 4 is 79.2 Å². The zero-order chi connectivity index (χ0) is 101. The van der Waals surface area contributed by atoms with Crippen molar-refractivity contribution in [2.45, 2.75) is 127 Å². The van der Waals surface area contributed by atoms with E-state index in [1.54, 1.807) is 75.5 Å². The molecule has 0 spiro atoms. The maximum absolute atomic E-state index is 16.9. The lowest BCUT2D eigenvalue weighted by atomic mass is 9.89. The molecular weight excluding hydrogens is 1960 g/mol. The van der Waals surface area contributed by atoms with Gasteiger partial charge in [0.25, 0.3) is 0 Å². The van der Waals surface area contributed by atoms with Gasteiger partial charge in [-0.2, -0.15) is 31.1 Å². The number of hydrogen-bond acceptors (Lipinski definition) is 31. The number of thioether (sulfide) groups is 3. The summed E-state index contributed by atoms with van der Waals surface area (Å²) in [4.78, 5) is 58.6. The number of phosphoric ester groups is 1. The van der Waals surface area contributed by atoms with Gasteiger partial charge in [0.05, 0.1) is 149 Å². The average Bonchev–Trinajstić information content (AvgIpc) is 1.75. The summed E-state index contributed by atoms with van der Waals surface area (Å²) in [6.45, 7) is 0.248. The molecule has 740 valence electrons. The highest BCUT2D eigenvalue weighted by Crippen LogP contribution is 2.54. The van der Waals surface area contributed by atoms with Gasteiger partial charge in [-0.1, -0.05) is 72.9 Å². The summed E-state index contributed by atoms with van der Waals surface area (Å²) < 4.78 is 252. The number of rotatable bonds is 42. The topological polar surface area (TPSA) is 382 Å². The third-order valence-electron chi connectivity index (χ3n) is 22.8. The van der Waals surface area contributed by atoms with E-state index >= 15 is 45.3 Å². The first kappa shape index (κ1) is 104. The Hall–Kier alpha value is -13.8. The van der Waals surface area contributed by atoms with Crippen LogP contribution in [-0.4, -0.2) is 152 Å². The maximum atomic E-state index is 16.9. The lowest BCUT2D eigenvalue weighted by molar-refractivity contribution is -0.146. The van der Waals surface area contributed by atoms with Crippen LogP contribution in [0.15, 0.2) is 253 Å². The zero-order valence-corrected chi connectivity index (χ0v) is 79.0. The quantitative estimate of drug-likeness (QED) is 0.0113. The summed E-state index contributed by atoms with van der Waals surface area (Å²) in [5.41, 5.74) is -8.82. The summed E-state index contributed by atoms with van der Waals surface area (Å²) in [6.07, 6.45) is 28.7. The number of hydrogen-bond donors (Lipinski definition) is 0. The summed E-state index contributed by atoms with van der Waals surface area (Å²) in [7, 11) is -5.47. The van der Waals surface area contributed by atoms with Crippen LogP contribution in [0.2, 0.25) is 0 Å². The van der Waals surface area contributed by atoms with Crippen LogP contribution in [0.1, 0.15) is 119 Å². The first-order chi connectivity index (χ1) is 69.1. The first-order valence-electron chi connectivity index (χ1n) is 43.6. The van der Waals surface area contributed by atoms with Crippen LogP contribution in [0.25, 0.3) is 18.2 Å². The molecule has 143 heavy (non-hydrogen) atoms. The van der Waals surface area contributed by atoms with Crippen LogP contribution in [0.5, 0.6) is 0 Å². The Morgan fingerprint density at radius 2 is 0.685 bits per heavy atom. The minimum Gasteiger partial charge on any atom is -0.471 e. The van der Waals surface area contributed by atoms with Crippen LogP contribution in [0.3, 0.4) is 0 Å². The number of carbonyl (C=O) groups is 3. The Morgan fingerprint density at radius 1 is 0.406 bits per heavy atom. The van der Waals surface area contributed by atoms with E-state index in [0.717, 1.165) is 146 Å². The van der Waals surface area contributed by atoms with Gasteiger partial charge in [-0.15, -0.1) is 35.3 Å². The summed E-state index contributed by atoms with van der Waals surface area (Å²) >= 11 is 3.39. The normalized spacial score (nSPS) is 19.3.